The van der Waals surface area contributed by atoms with Crippen LogP contribution in [0.15, 0.2) is 30.3 Å². The Labute approximate surface area is 160 Å². The molecular weight excluding hydrogens is 344 g/mol. The first-order valence-electron chi connectivity index (χ1n) is 9.29. The number of methoxy groups -OCH3 is 1. The standard InChI is InChI=1S/C19H28N6O2/c1-4-24(5-2)16-15-17(23-19(22-16)27-12-11-26-3)25(18(20)21-15)13-14-9-7-6-8-10-14/h6-10,18,21H,4-5,11-13,20H2,1-3H3. The first kappa shape index (κ1) is 19.2. The predicted molar refractivity (Wildman–Crippen MR) is 107 cm³/mol. The minimum Gasteiger partial charge on any atom is -0.461 e. The van der Waals surface area contributed by atoms with Gasteiger partial charge in [0.05, 0.1) is 6.61 Å². The number of anilines is 3. The molecule has 2 heterocycles. The van der Waals surface area contributed by atoms with Crippen LogP contribution in [-0.4, -0.2) is 49.7 Å². The Balaban J connectivity index is 1.96. The number of aromatic nitrogens is 2. The maximum Gasteiger partial charge on any atom is 0.320 e. The molecule has 1 aromatic heterocycles. The summed E-state index contributed by atoms with van der Waals surface area (Å²) in [5.41, 5.74) is 8.38. The normalized spacial score (nSPS) is 15.4. The fraction of sp³-hybridized carbons (Fsp3) is 0.474. The van der Waals surface area contributed by atoms with Gasteiger partial charge in [0.25, 0.3) is 0 Å². The highest BCUT2D eigenvalue weighted by Gasteiger charge is 2.33. The number of rotatable bonds is 9. The molecule has 1 aromatic carbocycles. The fourth-order valence-corrected chi connectivity index (χ4v) is 3.10. The molecule has 2 aromatic rings. The number of benzene rings is 1. The molecule has 3 rings (SSSR count). The Morgan fingerprint density at radius 1 is 1.15 bits per heavy atom. The van der Waals surface area contributed by atoms with Crippen molar-refractivity contribution in [2.24, 2.45) is 5.73 Å². The third-order valence-corrected chi connectivity index (χ3v) is 4.53. The van der Waals surface area contributed by atoms with Gasteiger partial charge in [0, 0.05) is 26.7 Å². The van der Waals surface area contributed by atoms with E-state index in [-0.39, 0.29) is 6.29 Å². The van der Waals surface area contributed by atoms with Gasteiger partial charge in [0.15, 0.2) is 17.9 Å². The summed E-state index contributed by atoms with van der Waals surface area (Å²) >= 11 is 0. The van der Waals surface area contributed by atoms with Crippen molar-refractivity contribution >= 4 is 17.3 Å². The lowest BCUT2D eigenvalue weighted by molar-refractivity contribution is 0.141. The summed E-state index contributed by atoms with van der Waals surface area (Å²) in [5.74, 6) is 1.57. The molecule has 1 atom stereocenters. The van der Waals surface area contributed by atoms with Crippen LogP contribution < -0.4 is 25.6 Å². The van der Waals surface area contributed by atoms with Gasteiger partial charge in [0.2, 0.25) is 0 Å². The van der Waals surface area contributed by atoms with Crippen LogP contribution >= 0.6 is 0 Å². The average Bonchev–Trinajstić information content (AvgIpc) is 2.99. The van der Waals surface area contributed by atoms with E-state index in [4.69, 9.17) is 15.2 Å². The first-order valence-corrected chi connectivity index (χ1v) is 9.29. The van der Waals surface area contributed by atoms with E-state index in [1.807, 2.05) is 23.1 Å². The van der Waals surface area contributed by atoms with E-state index in [9.17, 15) is 0 Å². The molecule has 3 N–H and O–H groups in total. The molecule has 8 heteroatoms. The van der Waals surface area contributed by atoms with Crippen molar-refractivity contribution in [2.45, 2.75) is 26.7 Å². The van der Waals surface area contributed by atoms with Crippen LogP contribution in [0.25, 0.3) is 0 Å². The lowest BCUT2D eigenvalue weighted by Crippen LogP contribution is -2.42. The van der Waals surface area contributed by atoms with Gasteiger partial charge in [-0.05, 0) is 19.4 Å². The minimum atomic E-state index is -0.377. The molecule has 27 heavy (non-hydrogen) atoms. The summed E-state index contributed by atoms with van der Waals surface area (Å²) < 4.78 is 10.8. The Morgan fingerprint density at radius 2 is 1.89 bits per heavy atom. The Bertz CT molecular complexity index is 738. The second kappa shape index (κ2) is 8.88. The smallest absolute Gasteiger partial charge is 0.320 e. The van der Waals surface area contributed by atoms with E-state index in [2.05, 4.69) is 46.2 Å². The van der Waals surface area contributed by atoms with Crippen LogP contribution in [0.1, 0.15) is 19.4 Å². The molecule has 0 bridgehead atoms. The number of nitrogens with two attached hydrogens (primary N) is 1. The van der Waals surface area contributed by atoms with E-state index >= 15 is 0 Å². The summed E-state index contributed by atoms with van der Waals surface area (Å²) in [7, 11) is 1.64. The quantitative estimate of drug-likeness (QED) is 0.647. The molecule has 146 valence electrons. The average molecular weight is 372 g/mol. The van der Waals surface area contributed by atoms with Gasteiger partial charge in [-0.15, -0.1) is 0 Å². The number of nitrogens with zero attached hydrogens (tertiary/aromatic N) is 4. The second-order valence-electron chi connectivity index (χ2n) is 6.24. The third-order valence-electron chi connectivity index (χ3n) is 4.53. The van der Waals surface area contributed by atoms with Crippen molar-refractivity contribution in [1.82, 2.24) is 9.97 Å². The van der Waals surface area contributed by atoms with Crippen molar-refractivity contribution < 1.29 is 9.47 Å². The largest absolute Gasteiger partial charge is 0.461 e. The third kappa shape index (κ3) is 4.23. The summed E-state index contributed by atoms with van der Waals surface area (Å²) in [5, 5.41) is 3.34. The van der Waals surface area contributed by atoms with Crippen LogP contribution in [0.2, 0.25) is 0 Å². The summed E-state index contributed by atoms with van der Waals surface area (Å²) in [6, 6.07) is 10.5. The van der Waals surface area contributed by atoms with Crippen molar-refractivity contribution in [3.8, 4) is 6.01 Å². The highest BCUT2D eigenvalue weighted by Crippen LogP contribution is 2.40. The van der Waals surface area contributed by atoms with Gasteiger partial charge in [-0.3, -0.25) is 5.73 Å². The molecule has 0 fully saturated rings. The van der Waals surface area contributed by atoms with E-state index in [0.29, 0.717) is 25.8 Å². The van der Waals surface area contributed by atoms with Crippen LogP contribution in [0.3, 0.4) is 0 Å². The maximum atomic E-state index is 6.37. The van der Waals surface area contributed by atoms with Gasteiger partial charge < -0.3 is 24.6 Å². The molecule has 0 saturated carbocycles. The lowest BCUT2D eigenvalue weighted by atomic mass is 10.2. The van der Waals surface area contributed by atoms with Gasteiger partial charge in [-0.25, -0.2) is 0 Å². The van der Waals surface area contributed by atoms with Crippen LogP contribution in [0, 0.1) is 0 Å². The van der Waals surface area contributed by atoms with E-state index < -0.39 is 0 Å². The van der Waals surface area contributed by atoms with Crippen molar-refractivity contribution in [3.05, 3.63) is 35.9 Å². The van der Waals surface area contributed by atoms with Crippen molar-refractivity contribution in [3.63, 3.8) is 0 Å². The maximum absolute atomic E-state index is 6.37. The van der Waals surface area contributed by atoms with Crippen LogP contribution in [0.5, 0.6) is 6.01 Å². The topological polar surface area (TPSA) is 88.8 Å². The molecule has 0 amide bonds. The van der Waals surface area contributed by atoms with Gasteiger partial charge >= 0.3 is 6.01 Å². The monoisotopic (exact) mass is 372 g/mol. The molecule has 1 aliphatic rings. The summed E-state index contributed by atoms with van der Waals surface area (Å²) in [4.78, 5) is 13.5. The highest BCUT2D eigenvalue weighted by atomic mass is 16.5. The van der Waals surface area contributed by atoms with Gasteiger partial charge in [-0.2, -0.15) is 9.97 Å². The molecule has 8 nitrogen and oxygen atoms in total. The molecule has 0 radical (unpaired) electrons. The fourth-order valence-electron chi connectivity index (χ4n) is 3.10. The minimum absolute atomic E-state index is 0.335. The Kier molecular flexibility index (Phi) is 6.31. The van der Waals surface area contributed by atoms with Crippen molar-refractivity contribution in [1.29, 1.82) is 0 Å². The first-order chi connectivity index (χ1) is 13.2. The number of nitrogens with one attached hydrogen (secondary N) is 1. The predicted octanol–water partition coefficient (Wildman–Crippen LogP) is 2.02. The van der Waals surface area contributed by atoms with Gasteiger partial charge in [0.1, 0.15) is 12.3 Å². The number of ether oxygens (including phenoxy) is 2. The SMILES string of the molecule is CCN(CC)c1nc(OCCOC)nc2c1NC(N)N2Cc1ccccc1. The molecule has 0 spiro atoms. The van der Waals surface area contributed by atoms with Crippen LogP contribution in [-0.2, 0) is 11.3 Å². The number of hydrogen-bond donors (Lipinski definition) is 2. The number of fused-ring (bicyclic) bond motifs is 1. The highest BCUT2D eigenvalue weighted by molar-refractivity contribution is 5.83. The molecule has 0 saturated heterocycles. The van der Waals surface area contributed by atoms with Crippen molar-refractivity contribution in [2.75, 3.05) is 48.5 Å². The Hall–Kier alpha value is -2.58. The van der Waals surface area contributed by atoms with Gasteiger partial charge in [-0.1, -0.05) is 30.3 Å². The number of hydrogen-bond acceptors (Lipinski definition) is 8. The zero-order chi connectivity index (χ0) is 19.2. The molecule has 0 aliphatic carbocycles. The van der Waals surface area contributed by atoms with Crippen LogP contribution in [0.4, 0.5) is 17.3 Å². The summed E-state index contributed by atoms with van der Waals surface area (Å²) in [6.07, 6.45) is -0.377. The Morgan fingerprint density at radius 3 is 2.56 bits per heavy atom. The molecule has 1 unspecified atom stereocenters. The zero-order valence-corrected chi connectivity index (χ0v) is 16.2. The molecule has 1 aliphatic heterocycles. The van der Waals surface area contributed by atoms with E-state index in [1.165, 1.54) is 0 Å². The molecular formula is C19H28N6O2. The zero-order valence-electron chi connectivity index (χ0n) is 16.2. The second-order valence-corrected chi connectivity index (χ2v) is 6.24. The van der Waals surface area contributed by atoms with E-state index in [0.717, 1.165) is 36.0 Å². The van der Waals surface area contributed by atoms with E-state index in [1.54, 1.807) is 7.11 Å². The summed E-state index contributed by atoms with van der Waals surface area (Å²) in [6.45, 7) is 7.37. The lowest BCUT2D eigenvalue weighted by Gasteiger charge is -2.23.